The maximum absolute atomic E-state index is 6.27. The molecule has 0 radical (unpaired) electrons. The van der Waals surface area contributed by atoms with Gasteiger partial charge in [0.05, 0.1) is 11.2 Å². The molecular formula is C15H19ClN2OS. The van der Waals surface area contributed by atoms with Crippen LogP contribution in [0.4, 0.5) is 0 Å². The van der Waals surface area contributed by atoms with Crippen molar-refractivity contribution in [1.82, 2.24) is 10.3 Å². The molecule has 0 aliphatic carbocycles. The predicted octanol–water partition coefficient (Wildman–Crippen LogP) is 4.12. The lowest BCUT2D eigenvalue weighted by atomic mass is 10.1. The Morgan fingerprint density at radius 2 is 2.25 bits per heavy atom. The maximum Gasteiger partial charge on any atom is 0.131 e. The van der Waals surface area contributed by atoms with Gasteiger partial charge in [0.15, 0.2) is 0 Å². The minimum absolute atomic E-state index is 0.473. The molecule has 2 aromatic rings. The van der Waals surface area contributed by atoms with E-state index in [9.17, 15) is 0 Å². The molecule has 0 aliphatic heterocycles. The Balaban J connectivity index is 2.01. The van der Waals surface area contributed by atoms with E-state index in [1.54, 1.807) is 11.3 Å². The van der Waals surface area contributed by atoms with E-state index in [1.807, 2.05) is 29.1 Å². The van der Waals surface area contributed by atoms with Gasteiger partial charge in [-0.1, -0.05) is 31.5 Å². The summed E-state index contributed by atoms with van der Waals surface area (Å²) in [4.78, 5) is 4.21. The molecule has 108 valence electrons. The lowest BCUT2D eigenvalue weighted by Crippen LogP contribution is -2.19. The van der Waals surface area contributed by atoms with Gasteiger partial charge in [0, 0.05) is 22.5 Å². The second-order valence-electron chi connectivity index (χ2n) is 5.01. The summed E-state index contributed by atoms with van der Waals surface area (Å²) >= 11 is 7.84. The van der Waals surface area contributed by atoms with E-state index in [1.165, 1.54) is 0 Å². The zero-order chi connectivity index (χ0) is 14.4. The molecule has 0 aliphatic rings. The normalized spacial score (nSPS) is 11.0. The molecule has 20 heavy (non-hydrogen) atoms. The van der Waals surface area contributed by atoms with Gasteiger partial charge in [0.2, 0.25) is 0 Å². The number of nitrogens with zero attached hydrogens (tertiary/aromatic N) is 1. The first kappa shape index (κ1) is 15.3. The molecule has 0 saturated carbocycles. The molecule has 1 aromatic carbocycles. The standard InChI is InChI=1S/C15H19ClN2OS/c1-11(2)6-17-7-13-14(16)4-3-5-15(13)19-8-12-9-20-10-18-12/h3-5,9-11,17H,6-8H2,1-2H3. The summed E-state index contributed by atoms with van der Waals surface area (Å²) in [5.74, 6) is 1.43. The van der Waals surface area contributed by atoms with Crippen LogP contribution in [0.5, 0.6) is 5.75 Å². The van der Waals surface area contributed by atoms with Crippen LogP contribution in [0.1, 0.15) is 25.1 Å². The van der Waals surface area contributed by atoms with Crippen LogP contribution in [0.3, 0.4) is 0 Å². The van der Waals surface area contributed by atoms with Crippen molar-refractivity contribution >= 4 is 22.9 Å². The summed E-state index contributed by atoms with van der Waals surface area (Å²) in [6, 6.07) is 5.75. The highest BCUT2D eigenvalue weighted by atomic mass is 35.5. The van der Waals surface area contributed by atoms with Crippen molar-refractivity contribution in [3.05, 3.63) is 45.4 Å². The number of nitrogens with one attached hydrogen (secondary N) is 1. The van der Waals surface area contributed by atoms with Gasteiger partial charge in [0.1, 0.15) is 12.4 Å². The van der Waals surface area contributed by atoms with Crippen molar-refractivity contribution in [3.63, 3.8) is 0 Å². The third kappa shape index (κ3) is 4.47. The molecule has 5 heteroatoms. The Kier molecular flexibility index (Phi) is 5.83. The number of hydrogen-bond donors (Lipinski definition) is 1. The average Bonchev–Trinajstić information content (AvgIpc) is 2.91. The zero-order valence-electron chi connectivity index (χ0n) is 11.7. The second kappa shape index (κ2) is 7.62. The quantitative estimate of drug-likeness (QED) is 0.835. The van der Waals surface area contributed by atoms with E-state index in [0.717, 1.165) is 28.6 Å². The number of benzene rings is 1. The summed E-state index contributed by atoms with van der Waals surface area (Å²) in [5, 5.41) is 6.12. The van der Waals surface area contributed by atoms with Crippen molar-refractivity contribution in [2.24, 2.45) is 5.92 Å². The SMILES string of the molecule is CC(C)CNCc1c(Cl)cccc1OCc1cscn1. The van der Waals surface area contributed by atoms with Gasteiger partial charge < -0.3 is 10.1 Å². The highest BCUT2D eigenvalue weighted by molar-refractivity contribution is 7.07. The van der Waals surface area contributed by atoms with E-state index in [2.05, 4.69) is 24.1 Å². The topological polar surface area (TPSA) is 34.1 Å². The molecule has 3 nitrogen and oxygen atoms in total. The summed E-state index contributed by atoms with van der Waals surface area (Å²) in [6.45, 7) is 6.50. The first-order valence-electron chi connectivity index (χ1n) is 6.64. The highest BCUT2D eigenvalue weighted by Gasteiger charge is 2.09. The zero-order valence-corrected chi connectivity index (χ0v) is 13.3. The van der Waals surface area contributed by atoms with E-state index in [4.69, 9.17) is 16.3 Å². The highest BCUT2D eigenvalue weighted by Crippen LogP contribution is 2.27. The number of ether oxygens (including phenoxy) is 1. The number of halogens is 1. The minimum atomic E-state index is 0.473. The van der Waals surface area contributed by atoms with Gasteiger partial charge in [-0.25, -0.2) is 4.98 Å². The fourth-order valence-corrected chi connectivity index (χ4v) is 2.57. The minimum Gasteiger partial charge on any atom is -0.487 e. The lowest BCUT2D eigenvalue weighted by Gasteiger charge is -2.14. The summed E-state index contributed by atoms with van der Waals surface area (Å²) in [6.07, 6.45) is 0. The Morgan fingerprint density at radius 3 is 2.95 bits per heavy atom. The van der Waals surface area contributed by atoms with Crippen molar-refractivity contribution in [1.29, 1.82) is 0 Å². The number of aromatic nitrogens is 1. The van der Waals surface area contributed by atoms with Crippen LogP contribution in [0, 0.1) is 5.92 Å². The molecule has 0 spiro atoms. The predicted molar refractivity (Wildman–Crippen MR) is 84.4 cm³/mol. The van der Waals surface area contributed by atoms with E-state index in [-0.39, 0.29) is 0 Å². The van der Waals surface area contributed by atoms with Crippen molar-refractivity contribution < 1.29 is 4.74 Å². The Bertz CT molecular complexity index is 529. The van der Waals surface area contributed by atoms with Gasteiger partial charge in [-0.3, -0.25) is 0 Å². The smallest absolute Gasteiger partial charge is 0.131 e. The Morgan fingerprint density at radius 1 is 1.40 bits per heavy atom. The van der Waals surface area contributed by atoms with Gasteiger partial charge >= 0.3 is 0 Å². The van der Waals surface area contributed by atoms with Crippen LogP contribution in [-0.2, 0) is 13.2 Å². The van der Waals surface area contributed by atoms with Gasteiger partial charge in [-0.2, -0.15) is 0 Å². The second-order valence-corrected chi connectivity index (χ2v) is 6.14. The van der Waals surface area contributed by atoms with Gasteiger partial charge in [-0.15, -0.1) is 11.3 Å². The first-order valence-corrected chi connectivity index (χ1v) is 7.97. The third-order valence-electron chi connectivity index (χ3n) is 2.79. The van der Waals surface area contributed by atoms with Crippen molar-refractivity contribution in [2.75, 3.05) is 6.54 Å². The number of thiazole rings is 1. The van der Waals surface area contributed by atoms with E-state index < -0.39 is 0 Å². The fraction of sp³-hybridized carbons (Fsp3) is 0.400. The molecule has 0 fully saturated rings. The van der Waals surface area contributed by atoms with Gasteiger partial charge in [-0.05, 0) is 24.6 Å². The molecule has 1 N–H and O–H groups in total. The Labute approximate surface area is 129 Å². The van der Waals surface area contributed by atoms with Crippen LogP contribution >= 0.6 is 22.9 Å². The first-order chi connectivity index (χ1) is 9.66. The summed E-state index contributed by atoms with van der Waals surface area (Å²) in [5.41, 5.74) is 3.75. The Hall–Kier alpha value is -1.10. The fourth-order valence-electron chi connectivity index (χ4n) is 1.79. The largest absolute Gasteiger partial charge is 0.487 e. The molecule has 2 rings (SSSR count). The summed E-state index contributed by atoms with van der Waals surface area (Å²) < 4.78 is 5.84. The van der Waals surface area contributed by atoms with Crippen LogP contribution < -0.4 is 10.1 Å². The molecular weight excluding hydrogens is 292 g/mol. The van der Waals surface area contributed by atoms with Gasteiger partial charge in [0.25, 0.3) is 0 Å². The molecule has 0 atom stereocenters. The van der Waals surface area contributed by atoms with Crippen LogP contribution in [-0.4, -0.2) is 11.5 Å². The van der Waals surface area contributed by atoms with E-state index in [0.29, 0.717) is 19.1 Å². The third-order valence-corrected chi connectivity index (χ3v) is 3.78. The van der Waals surface area contributed by atoms with Crippen LogP contribution in [0.15, 0.2) is 29.1 Å². The molecule has 0 saturated heterocycles. The van der Waals surface area contributed by atoms with Crippen molar-refractivity contribution in [3.8, 4) is 5.75 Å². The van der Waals surface area contributed by atoms with Crippen molar-refractivity contribution in [2.45, 2.75) is 27.0 Å². The van der Waals surface area contributed by atoms with E-state index >= 15 is 0 Å². The average molecular weight is 311 g/mol. The molecule has 0 unspecified atom stereocenters. The van der Waals surface area contributed by atoms with Crippen LogP contribution in [0.2, 0.25) is 5.02 Å². The maximum atomic E-state index is 6.27. The molecule has 1 aromatic heterocycles. The molecule has 1 heterocycles. The van der Waals surface area contributed by atoms with Crippen LogP contribution in [0.25, 0.3) is 0 Å². The number of rotatable bonds is 7. The molecule has 0 bridgehead atoms. The number of hydrogen-bond acceptors (Lipinski definition) is 4. The lowest BCUT2D eigenvalue weighted by molar-refractivity contribution is 0.298. The summed E-state index contributed by atoms with van der Waals surface area (Å²) in [7, 11) is 0. The molecule has 0 amide bonds. The monoisotopic (exact) mass is 310 g/mol.